The number of nitrogens with zero attached hydrogens (tertiary/aromatic N) is 4. The lowest BCUT2D eigenvalue weighted by molar-refractivity contribution is -0.118. The van der Waals surface area contributed by atoms with Gasteiger partial charge in [0.05, 0.1) is 12.1 Å². The number of anilines is 4. The second-order valence-electron chi connectivity index (χ2n) is 14.8. The molecular formula is C42H50N6O2. The van der Waals surface area contributed by atoms with Gasteiger partial charge in [-0.2, -0.15) is 0 Å². The van der Waals surface area contributed by atoms with Gasteiger partial charge in [0.15, 0.2) is 0 Å². The molecule has 8 nitrogen and oxygen atoms in total. The molecule has 8 rings (SSSR count). The summed E-state index contributed by atoms with van der Waals surface area (Å²) in [7, 11) is 0. The summed E-state index contributed by atoms with van der Waals surface area (Å²) in [5, 5.41) is 7.30. The van der Waals surface area contributed by atoms with E-state index in [-0.39, 0.29) is 36.0 Å². The predicted octanol–water partition coefficient (Wildman–Crippen LogP) is 8.65. The first-order valence-corrected chi connectivity index (χ1v) is 18.3. The highest BCUT2D eigenvalue weighted by molar-refractivity contribution is 5.95. The summed E-state index contributed by atoms with van der Waals surface area (Å²) in [5.41, 5.74) is 6.48. The van der Waals surface area contributed by atoms with Gasteiger partial charge < -0.3 is 20.4 Å². The Labute approximate surface area is 296 Å². The van der Waals surface area contributed by atoms with Crippen molar-refractivity contribution >= 4 is 34.8 Å². The fourth-order valence-corrected chi connectivity index (χ4v) is 8.59. The number of nitrogens with one attached hydrogen (secondary N) is 2. The van der Waals surface area contributed by atoms with Crippen LogP contribution in [0.1, 0.15) is 88.0 Å². The van der Waals surface area contributed by atoms with Crippen LogP contribution in [0.2, 0.25) is 0 Å². The molecule has 4 heterocycles. The third kappa shape index (κ3) is 6.72. The second kappa shape index (κ2) is 13.9. The normalized spacial score (nSPS) is 25.4. The number of aryl methyl sites for hydroxylation is 2. The van der Waals surface area contributed by atoms with Crippen molar-refractivity contribution in [2.24, 2.45) is 23.7 Å². The Morgan fingerprint density at radius 3 is 1.30 bits per heavy atom. The van der Waals surface area contributed by atoms with Crippen LogP contribution in [-0.2, 0) is 9.59 Å². The molecule has 0 bridgehead atoms. The molecule has 4 aromatic rings. The van der Waals surface area contributed by atoms with Crippen LogP contribution in [0, 0.1) is 37.5 Å². The maximum atomic E-state index is 12.5. The van der Waals surface area contributed by atoms with Crippen LogP contribution in [0.5, 0.6) is 0 Å². The molecule has 2 fully saturated rings. The molecule has 8 heteroatoms. The van der Waals surface area contributed by atoms with Crippen LogP contribution < -0.4 is 20.4 Å². The predicted molar refractivity (Wildman–Crippen MR) is 201 cm³/mol. The molecule has 2 aromatic carbocycles. The Kier molecular flexibility index (Phi) is 9.38. The van der Waals surface area contributed by atoms with E-state index in [1.165, 1.54) is 36.8 Å². The van der Waals surface area contributed by atoms with Crippen molar-refractivity contribution in [3.05, 3.63) is 107 Å². The van der Waals surface area contributed by atoms with Crippen LogP contribution in [-0.4, -0.2) is 33.9 Å². The molecule has 0 spiro atoms. The van der Waals surface area contributed by atoms with Gasteiger partial charge in [-0.15, -0.1) is 0 Å². The average Bonchev–Trinajstić information content (AvgIpc) is 4.02. The third-order valence-corrected chi connectivity index (χ3v) is 11.1. The SMILES string of the molecule is CC(=O)N1c2ccccc2[C@@H](Nc2cccc(C)n2)[C@H](C)[C@H]1C1CC1.CC(=O)N1c2ccccc2[C@H](Nc2cccc(C)n2)[C@@H](C)[C@@H]1C1CC1. The van der Waals surface area contributed by atoms with Gasteiger partial charge in [0.1, 0.15) is 11.6 Å². The molecule has 0 radical (unpaired) electrons. The highest BCUT2D eigenvalue weighted by atomic mass is 16.2. The summed E-state index contributed by atoms with van der Waals surface area (Å²) in [5.74, 6) is 3.97. The van der Waals surface area contributed by atoms with E-state index in [1.807, 2.05) is 72.2 Å². The molecule has 2 saturated carbocycles. The molecule has 2 aromatic heterocycles. The highest BCUT2D eigenvalue weighted by Crippen LogP contribution is 2.51. The summed E-state index contributed by atoms with van der Waals surface area (Å²) < 4.78 is 0. The minimum atomic E-state index is 0.142. The van der Waals surface area contributed by atoms with Gasteiger partial charge >= 0.3 is 0 Å². The smallest absolute Gasteiger partial charge is 0.224 e. The Balaban J connectivity index is 0.000000157. The quantitative estimate of drug-likeness (QED) is 0.214. The summed E-state index contributed by atoms with van der Waals surface area (Å²) in [6.07, 6.45) is 4.87. The zero-order valence-electron chi connectivity index (χ0n) is 30.1. The molecule has 6 atom stereocenters. The van der Waals surface area contributed by atoms with E-state index in [9.17, 15) is 9.59 Å². The lowest BCUT2D eigenvalue weighted by Gasteiger charge is -2.45. The van der Waals surface area contributed by atoms with Crippen LogP contribution >= 0.6 is 0 Å². The van der Waals surface area contributed by atoms with Gasteiger partial charge in [0.25, 0.3) is 0 Å². The first-order chi connectivity index (χ1) is 24.1. The average molecular weight is 671 g/mol. The molecule has 0 unspecified atom stereocenters. The molecule has 260 valence electrons. The van der Waals surface area contributed by atoms with Gasteiger partial charge in [-0.3, -0.25) is 9.59 Å². The topological polar surface area (TPSA) is 90.5 Å². The number of pyridine rings is 2. The largest absolute Gasteiger partial charge is 0.363 e. The van der Waals surface area contributed by atoms with Crippen molar-refractivity contribution in [2.45, 2.75) is 91.4 Å². The van der Waals surface area contributed by atoms with Crippen molar-refractivity contribution < 1.29 is 9.59 Å². The van der Waals surface area contributed by atoms with Gasteiger partial charge in [-0.05, 0) is 98.9 Å². The Morgan fingerprint density at radius 2 is 0.960 bits per heavy atom. The number of carbonyl (C=O) groups excluding carboxylic acids is 2. The van der Waals surface area contributed by atoms with Gasteiger partial charge in [0, 0.05) is 60.5 Å². The van der Waals surface area contributed by atoms with E-state index in [4.69, 9.17) is 0 Å². The van der Waals surface area contributed by atoms with E-state index < -0.39 is 0 Å². The van der Waals surface area contributed by atoms with Crippen molar-refractivity contribution in [3.8, 4) is 0 Å². The number of hydrogen-bond donors (Lipinski definition) is 2. The molecule has 0 saturated heterocycles. The van der Waals surface area contributed by atoms with Crippen LogP contribution in [0.3, 0.4) is 0 Å². The van der Waals surface area contributed by atoms with E-state index in [1.54, 1.807) is 13.8 Å². The lowest BCUT2D eigenvalue weighted by atomic mass is 9.80. The number of fused-ring (bicyclic) bond motifs is 2. The minimum Gasteiger partial charge on any atom is -0.363 e. The van der Waals surface area contributed by atoms with Crippen LogP contribution in [0.4, 0.5) is 23.0 Å². The fourth-order valence-electron chi connectivity index (χ4n) is 8.59. The number of rotatable bonds is 6. The third-order valence-electron chi connectivity index (χ3n) is 11.1. The number of amides is 2. The number of benzene rings is 2. The van der Waals surface area contributed by atoms with E-state index in [0.717, 1.165) is 34.4 Å². The molecule has 2 N–H and O–H groups in total. The maximum Gasteiger partial charge on any atom is 0.224 e. The number of carbonyl (C=O) groups is 2. The molecule has 2 aliphatic carbocycles. The Hall–Kier alpha value is -4.72. The Bertz CT molecular complexity index is 1730. The van der Waals surface area contributed by atoms with Crippen LogP contribution in [0.15, 0.2) is 84.9 Å². The second-order valence-corrected chi connectivity index (χ2v) is 14.8. The van der Waals surface area contributed by atoms with Crippen LogP contribution in [0.25, 0.3) is 0 Å². The zero-order chi connectivity index (χ0) is 35.1. The standard InChI is InChI=1S/2C21H25N3O/c2*1-13-7-6-10-19(22-13)23-20-14(2)21(16-11-12-16)24(15(3)25)18-9-5-4-8-17(18)20/h2*4-10,14,16,20-21H,11-12H2,1-3H3,(H,22,23)/t2*14-,20-,21-/m10/s1. The zero-order valence-corrected chi connectivity index (χ0v) is 30.1. The molecule has 2 aliphatic heterocycles. The number of aromatic nitrogens is 2. The summed E-state index contributed by atoms with van der Waals surface area (Å²) in [4.78, 5) is 38.2. The molecule has 50 heavy (non-hydrogen) atoms. The van der Waals surface area contributed by atoms with Crippen molar-refractivity contribution in [3.63, 3.8) is 0 Å². The fraction of sp³-hybridized carbons (Fsp3) is 0.429. The first kappa shape index (κ1) is 33.8. The highest BCUT2D eigenvalue weighted by Gasteiger charge is 2.48. The first-order valence-electron chi connectivity index (χ1n) is 18.3. The number of hydrogen-bond acceptors (Lipinski definition) is 6. The van der Waals surface area contributed by atoms with Crippen molar-refractivity contribution in [1.82, 2.24) is 9.97 Å². The molecular weight excluding hydrogens is 621 g/mol. The van der Waals surface area contributed by atoms with E-state index in [0.29, 0.717) is 23.7 Å². The summed E-state index contributed by atoms with van der Waals surface area (Å²) in [6, 6.07) is 29.5. The molecule has 4 aliphatic rings. The molecule has 2 amide bonds. The van der Waals surface area contributed by atoms with Crippen molar-refractivity contribution in [2.75, 3.05) is 20.4 Å². The Morgan fingerprint density at radius 1 is 0.580 bits per heavy atom. The van der Waals surface area contributed by atoms with Gasteiger partial charge in [0.2, 0.25) is 11.8 Å². The van der Waals surface area contributed by atoms with E-state index in [2.05, 4.69) is 70.8 Å². The van der Waals surface area contributed by atoms with Crippen molar-refractivity contribution in [1.29, 1.82) is 0 Å². The minimum absolute atomic E-state index is 0.142. The summed E-state index contributed by atoms with van der Waals surface area (Å²) in [6.45, 7) is 11.9. The summed E-state index contributed by atoms with van der Waals surface area (Å²) >= 11 is 0. The lowest BCUT2D eigenvalue weighted by Crippen LogP contribution is -2.51. The maximum absolute atomic E-state index is 12.5. The van der Waals surface area contributed by atoms with Gasteiger partial charge in [-0.25, -0.2) is 9.97 Å². The van der Waals surface area contributed by atoms with E-state index >= 15 is 0 Å². The number of para-hydroxylation sites is 2. The monoisotopic (exact) mass is 670 g/mol. The van der Waals surface area contributed by atoms with Gasteiger partial charge in [-0.1, -0.05) is 62.4 Å².